The van der Waals surface area contributed by atoms with Crippen LogP contribution >= 0.6 is 0 Å². The molecule has 1 aliphatic rings. The minimum Gasteiger partial charge on any atom is -0.480 e. The van der Waals surface area contributed by atoms with E-state index in [1.165, 1.54) is 4.90 Å². The summed E-state index contributed by atoms with van der Waals surface area (Å²) in [5.41, 5.74) is -0.320. The van der Waals surface area contributed by atoms with Crippen LogP contribution in [0.25, 0.3) is 0 Å². The number of aliphatic carboxylic acids is 1. The van der Waals surface area contributed by atoms with Gasteiger partial charge in [-0.15, -0.1) is 0 Å². The second-order valence-corrected chi connectivity index (χ2v) is 5.90. The first-order chi connectivity index (χ1) is 9.70. The summed E-state index contributed by atoms with van der Waals surface area (Å²) in [6.45, 7) is 6.27. The Hall–Kier alpha value is -1.83. The van der Waals surface area contributed by atoms with Crippen LogP contribution in [-0.2, 0) is 14.3 Å². The Morgan fingerprint density at radius 1 is 1.33 bits per heavy atom. The van der Waals surface area contributed by atoms with Gasteiger partial charge in [-0.1, -0.05) is 0 Å². The summed E-state index contributed by atoms with van der Waals surface area (Å²) in [5, 5.41) is 14.4. The molecule has 1 aliphatic heterocycles. The number of carboxylic acids is 1. The highest BCUT2D eigenvalue weighted by atomic mass is 16.5. The number of nitrogens with one attached hydrogen (secondary N) is 2. The number of carbonyl (C=O) groups is 3. The molecule has 0 aromatic heterocycles. The van der Waals surface area contributed by atoms with Gasteiger partial charge in [0.2, 0.25) is 5.91 Å². The van der Waals surface area contributed by atoms with Crippen LogP contribution in [0.3, 0.4) is 0 Å². The highest BCUT2D eigenvalue weighted by Gasteiger charge is 2.32. The Bertz CT molecular complexity index is 405. The molecule has 120 valence electrons. The largest absolute Gasteiger partial charge is 0.480 e. The van der Waals surface area contributed by atoms with Crippen molar-refractivity contribution >= 4 is 17.9 Å². The fourth-order valence-corrected chi connectivity index (χ4v) is 1.92. The monoisotopic (exact) mass is 301 g/mol. The van der Waals surface area contributed by atoms with Crippen LogP contribution in [0.1, 0.15) is 27.2 Å². The van der Waals surface area contributed by atoms with Gasteiger partial charge in [0.1, 0.15) is 0 Å². The molecule has 1 fully saturated rings. The van der Waals surface area contributed by atoms with Crippen molar-refractivity contribution in [2.75, 3.05) is 26.3 Å². The summed E-state index contributed by atoms with van der Waals surface area (Å²) in [6.07, 6.45) is 0.144. The maximum absolute atomic E-state index is 11.9. The predicted octanol–water partition coefficient (Wildman–Crippen LogP) is -0.214. The van der Waals surface area contributed by atoms with E-state index in [1.54, 1.807) is 0 Å². The molecule has 0 saturated carbocycles. The maximum Gasteiger partial charge on any atom is 0.328 e. The highest BCUT2D eigenvalue weighted by molar-refractivity contribution is 5.83. The first kappa shape index (κ1) is 17.2. The number of amides is 3. The quantitative estimate of drug-likeness (QED) is 0.665. The fourth-order valence-electron chi connectivity index (χ4n) is 1.92. The van der Waals surface area contributed by atoms with E-state index in [2.05, 4.69) is 10.6 Å². The second-order valence-electron chi connectivity index (χ2n) is 5.90. The van der Waals surface area contributed by atoms with Gasteiger partial charge in [-0.25, -0.2) is 9.59 Å². The Labute approximate surface area is 123 Å². The SMILES string of the molecule is CC(C)(C)NC(=O)CCNC(=O)N1CCOCC1C(=O)O. The van der Waals surface area contributed by atoms with Crippen LogP contribution in [-0.4, -0.2) is 65.8 Å². The molecule has 3 amide bonds. The number of rotatable bonds is 4. The third kappa shape index (κ3) is 5.99. The lowest BCUT2D eigenvalue weighted by Gasteiger charge is -2.32. The van der Waals surface area contributed by atoms with E-state index in [1.807, 2.05) is 20.8 Å². The van der Waals surface area contributed by atoms with Crippen molar-refractivity contribution in [3.05, 3.63) is 0 Å². The number of nitrogens with zero attached hydrogens (tertiary/aromatic N) is 1. The van der Waals surface area contributed by atoms with E-state index in [4.69, 9.17) is 9.84 Å². The number of ether oxygens (including phenoxy) is 1. The summed E-state index contributed by atoms with van der Waals surface area (Å²) >= 11 is 0. The average Bonchev–Trinajstić information content (AvgIpc) is 2.36. The first-order valence-corrected chi connectivity index (χ1v) is 6.87. The molecule has 1 heterocycles. The van der Waals surface area contributed by atoms with Crippen molar-refractivity contribution in [1.29, 1.82) is 0 Å². The van der Waals surface area contributed by atoms with Crippen molar-refractivity contribution < 1.29 is 24.2 Å². The van der Waals surface area contributed by atoms with Gasteiger partial charge in [-0.3, -0.25) is 4.79 Å². The van der Waals surface area contributed by atoms with Crippen LogP contribution in [0.4, 0.5) is 4.79 Å². The van der Waals surface area contributed by atoms with Gasteiger partial charge >= 0.3 is 12.0 Å². The molecular formula is C13H23N3O5. The summed E-state index contributed by atoms with van der Waals surface area (Å²) < 4.78 is 5.05. The zero-order valence-corrected chi connectivity index (χ0v) is 12.6. The van der Waals surface area contributed by atoms with Crippen molar-refractivity contribution in [3.8, 4) is 0 Å². The number of morpholine rings is 1. The van der Waals surface area contributed by atoms with E-state index in [0.29, 0.717) is 6.61 Å². The van der Waals surface area contributed by atoms with Gasteiger partial charge in [-0.2, -0.15) is 0 Å². The van der Waals surface area contributed by atoms with Crippen LogP contribution in [0.5, 0.6) is 0 Å². The van der Waals surface area contributed by atoms with Crippen LogP contribution in [0, 0.1) is 0 Å². The smallest absolute Gasteiger partial charge is 0.328 e. The Balaban J connectivity index is 2.39. The molecule has 0 aliphatic carbocycles. The molecule has 1 saturated heterocycles. The molecule has 21 heavy (non-hydrogen) atoms. The number of urea groups is 1. The lowest BCUT2D eigenvalue weighted by Crippen LogP contribution is -2.56. The zero-order chi connectivity index (χ0) is 16.0. The Kier molecular flexibility index (Phi) is 5.95. The molecular weight excluding hydrogens is 278 g/mol. The second kappa shape index (κ2) is 7.26. The third-order valence-electron chi connectivity index (χ3n) is 2.82. The van der Waals surface area contributed by atoms with Crippen molar-refractivity contribution in [2.24, 2.45) is 0 Å². The van der Waals surface area contributed by atoms with E-state index >= 15 is 0 Å². The third-order valence-corrected chi connectivity index (χ3v) is 2.82. The van der Waals surface area contributed by atoms with Gasteiger partial charge < -0.3 is 25.4 Å². The molecule has 1 unspecified atom stereocenters. The normalized spacial score (nSPS) is 19.0. The van der Waals surface area contributed by atoms with Crippen molar-refractivity contribution in [1.82, 2.24) is 15.5 Å². The summed E-state index contributed by atoms with van der Waals surface area (Å²) in [5.74, 6) is -1.27. The summed E-state index contributed by atoms with van der Waals surface area (Å²) in [7, 11) is 0. The minimum atomic E-state index is -1.10. The molecule has 0 aromatic carbocycles. The van der Waals surface area contributed by atoms with Crippen LogP contribution in [0.15, 0.2) is 0 Å². The molecule has 3 N–H and O–H groups in total. The minimum absolute atomic E-state index is 0.0206. The van der Waals surface area contributed by atoms with E-state index in [-0.39, 0.29) is 37.6 Å². The van der Waals surface area contributed by atoms with Gasteiger partial charge in [0.15, 0.2) is 6.04 Å². The predicted molar refractivity (Wildman–Crippen MR) is 74.9 cm³/mol. The molecule has 0 aromatic rings. The number of hydrogen-bond donors (Lipinski definition) is 3. The Morgan fingerprint density at radius 3 is 2.57 bits per heavy atom. The standard InChI is InChI=1S/C13H23N3O5/c1-13(2,3)15-10(17)4-5-14-12(20)16-6-7-21-8-9(16)11(18)19/h9H,4-8H2,1-3H3,(H,14,20)(H,15,17)(H,18,19). The highest BCUT2D eigenvalue weighted by Crippen LogP contribution is 2.07. The molecule has 0 spiro atoms. The lowest BCUT2D eigenvalue weighted by molar-refractivity contribution is -0.147. The molecule has 1 rings (SSSR count). The number of carbonyl (C=O) groups excluding carboxylic acids is 2. The maximum atomic E-state index is 11.9. The van der Waals surface area contributed by atoms with Gasteiger partial charge in [0.25, 0.3) is 0 Å². The van der Waals surface area contributed by atoms with Gasteiger partial charge in [0.05, 0.1) is 13.2 Å². The molecule has 8 heteroatoms. The zero-order valence-electron chi connectivity index (χ0n) is 12.6. The van der Waals surface area contributed by atoms with E-state index in [0.717, 1.165) is 0 Å². The van der Waals surface area contributed by atoms with E-state index in [9.17, 15) is 14.4 Å². The van der Waals surface area contributed by atoms with Crippen molar-refractivity contribution in [2.45, 2.75) is 38.8 Å². The average molecular weight is 301 g/mol. The van der Waals surface area contributed by atoms with Crippen molar-refractivity contribution in [3.63, 3.8) is 0 Å². The van der Waals surface area contributed by atoms with Crippen LogP contribution < -0.4 is 10.6 Å². The van der Waals surface area contributed by atoms with Gasteiger partial charge in [0, 0.05) is 25.0 Å². The van der Waals surface area contributed by atoms with Gasteiger partial charge in [-0.05, 0) is 20.8 Å². The fraction of sp³-hybridized carbons (Fsp3) is 0.769. The summed E-state index contributed by atoms with van der Waals surface area (Å²) in [4.78, 5) is 35.8. The lowest BCUT2D eigenvalue weighted by atomic mass is 10.1. The molecule has 1 atom stereocenters. The van der Waals surface area contributed by atoms with E-state index < -0.39 is 18.0 Å². The first-order valence-electron chi connectivity index (χ1n) is 6.87. The molecule has 0 radical (unpaired) electrons. The number of hydrogen-bond acceptors (Lipinski definition) is 4. The summed E-state index contributed by atoms with van der Waals surface area (Å²) in [6, 6.07) is -1.48. The Morgan fingerprint density at radius 2 is 2.00 bits per heavy atom. The topological polar surface area (TPSA) is 108 Å². The van der Waals surface area contributed by atoms with Crippen LogP contribution in [0.2, 0.25) is 0 Å². The molecule has 8 nitrogen and oxygen atoms in total. The molecule has 0 bridgehead atoms. The number of carboxylic acid groups (broad SMARTS) is 1.